The van der Waals surface area contributed by atoms with Gasteiger partial charge in [-0.3, -0.25) is 0 Å². The summed E-state index contributed by atoms with van der Waals surface area (Å²) in [5, 5.41) is 3.47. The molecule has 0 aliphatic carbocycles. The highest BCUT2D eigenvalue weighted by Gasteiger charge is 2.35. The predicted molar refractivity (Wildman–Crippen MR) is 93.3 cm³/mol. The standard InChI is InChI=1S/C17H20F2N2O3S/c1-4-9-21-10(2)13(15(22)23-3)14(20-17(21)25)11-7-5-6-8-12(11)24-16(18)19/h5-8,14,16H,4,9H2,1-3H3,(H,20,25)/t14-/m1/s1. The van der Waals surface area contributed by atoms with Crippen molar-refractivity contribution in [1.82, 2.24) is 10.2 Å². The van der Waals surface area contributed by atoms with Crippen LogP contribution in [-0.4, -0.2) is 36.2 Å². The number of nitrogens with one attached hydrogen (secondary N) is 1. The van der Waals surface area contributed by atoms with Crippen LogP contribution in [0.5, 0.6) is 5.75 Å². The van der Waals surface area contributed by atoms with Crippen LogP contribution in [0.25, 0.3) is 0 Å². The van der Waals surface area contributed by atoms with Crippen LogP contribution >= 0.6 is 12.2 Å². The molecule has 0 bridgehead atoms. The maximum atomic E-state index is 12.7. The summed E-state index contributed by atoms with van der Waals surface area (Å²) in [7, 11) is 1.28. The second-order valence-electron chi connectivity index (χ2n) is 5.44. The molecule has 0 unspecified atom stereocenters. The van der Waals surface area contributed by atoms with Gasteiger partial charge in [-0.1, -0.05) is 25.1 Å². The van der Waals surface area contributed by atoms with Gasteiger partial charge in [0.05, 0.1) is 18.7 Å². The molecule has 1 aliphatic rings. The van der Waals surface area contributed by atoms with Gasteiger partial charge in [-0.2, -0.15) is 8.78 Å². The number of esters is 1. The second kappa shape index (κ2) is 8.24. The Labute approximate surface area is 150 Å². The third-order valence-corrected chi connectivity index (χ3v) is 4.23. The van der Waals surface area contributed by atoms with Crippen LogP contribution in [0.2, 0.25) is 0 Å². The second-order valence-corrected chi connectivity index (χ2v) is 5.83. The third kappa shape index (κ3) is 4.07. The van der Waals surface area contributed by atoms with Crippen LogP contribution in [0, 0.1) is 0 Å². The zero-order valence-corrected chi connectivity index (χ0v) is 15.0. The molecule has 8 heteroatoms. The van der Waals surface area contributed by atoms with Gasteiger partial charge in [-0.15, -0.1) is 0 Å². The van der Waals surface area contributed by atoms with Crippen LogP contribution in [0.15, 0.2) is 35.5 Å². The molecule has 0 spiro atoms. The highest BCUT2D eigenvalue weighted by atomic mass is 32.1. The molecule has 1 atom stereocenters. The fourth-order valence-corrected chi connectivity index (χ4v) is 3.15. The fourth-order valence-electron chi connectivity index (χ4n) is 2.80. The Morgan fingerprint density at radius 3 is 2.68 bits per heavy atom. The van der Waals surface area contributed by atoms with E-state index in [1.165, 1.54) is 13.2 Å². The van der Waals surface area contributed by atoms with E-state index in [0.717, 1.165) is 6.42 Å². The molecule has 0 fully saturated rings. The molecular weight excluding hydrogens is 350 g/mol. The van der Waals surface area contributed by atoms with Gasteiger partial charge in [0.15, 0.2) is 5.11 Å². The highest BCUT2D eigenvalue weighted by Crippen LogP contribution is 2.36. The Morgan fingerprint density at radius 2 is 2.08 bits per heavy atom. The Balaban J connectivity index is 2.56. The number of thiocarbonyl (C=S) groups is 1. The number of ether oxygens (including phenoxy) is 2. The molecule has 25 heavy (non-hydrogen) atoms. The van der Waals surface area contributed by atoms with Crippen molar-refractivity contribution >= 4 is 23.3 Å². The molecule has 136 valence electrons. The third-order valence-electron chi connectivity index (χ3n) is 3.89. The first-order valence-electron chi connectivity index (χ1n) is 7.81. The van der Waals surface area contributed by atoms with E-state index in [2.05, 4.69) is 10.1 Å². The number of carbonyl (C=O) groups excluding carboxylic acids is 1. The monoisotopic (exact) mass is 370 g/mol. The molecule has 0 radical (unpaired) electrons. The van der Waals surface area contributed by atoms with Crippen molar-refractivity contribution in [2.45, 2.75) is 32.9 Å². The molecule has 0 saturated heterocycles. The number of allylic oxidation sites excluding steroid dienone is 1. The normalized spacial score (nSPS) is 17.6. The average molecular weight is 370 g/mol. The largest absolute Gasteiger partial charge is 0.466 e. The Morgan fingerprint density at radius 1 is 1.40 bits per heavy atom. The van der Waals surface area contributed by atoms with E-state index in [9.17, 15) is 13.6 Å². The van der Waals surface area contributed by atoms with Crippen molar-refractivity contribution in [2.24, 2.45) is 0 Å². The van der Waals surface area contributed by atoms with Gasteiger partial charge >= 0.3 is 12.6 Å². The van der Waals surface area contributed by atoms with Crippen molar-refractivity contribution in [1.29, 1.82) is 0 Å². The van der Waals surface area contributed by atoms with Crippen molar-refractivity contribution in [2.75, 3.05) is 13.7 Å². The first-order chi connectivity index (χ1) is 11.9. The summed E-state index contributed by atoms with van der Waals surface area (Å²) >= 11 is 5.39. The van der Waals surface area contributed by atoms with Crippen LogP contribution in [0.3, 0.4) is 0 Å². The predicted octanol–water partition coefficient (Wildman–Crippen LogP) is 3.38. The van der Waals surface area contributed by atoms with E-state index in [0.29, 0.717) is 28.5 Å². The average Bonchev–Trinajstić information content (AvgIpc) is 2.57. The number of nitrogens with zero attached hydrogens (tertiary/aromatic N) is 1. The molecular formula is C17H20F2N2O3S. The summed E-state index contributed by atoms with van der Waals surface area (Å²) in [5.41, 5.74) is 1.34. The summed E-state index contributed by atoms with van der Waals surface area (Å²) < 4.78 is 34.9. The Kier molecular flexibility index (Phi) is 6.30. The maximum absolute atomic E-state index is 12.7. The number of alkyl halides is 2. The SMILES string of the molecule is CCCN1C(=S)N[C@H](c2ccccc2OC(F)F)C(C(=O)OC)=C1C. The lowest BCUT2D eigenvalue weighted by Crippen LogP contribution is -2.48. The van der Waals surface area contributed by atoms with E-state index in [4.69, 9.17) is 17.0 Å². The molecule has 1 aromatic rings. The van der Waals surface area contributed by atoms with Crippen molar-refractivity contribution in [3.05, 3.63) is 41.1 Å². The summed E-state index contributed by atoms with van der Waals surface area (Å²) in [4.78, 5) is 14.2. The minimum atomic E-state index is -2.97. The van der Waals surface area contributed by atoms with Crippen molar-refractivity contribution in [3.8, 4) is 5.75 Å². The minimum absolute atomic E-state index is 0.0176. The van der Waals surface area contributed by atoms with Gasteiger partial charge in [0.1, 0.15) is 5.75 Å². The van der Waals surface area contributed by atoms with Gasteiger partial charge in [0.2, 0.25) is 0 Å². The number of carbonyl (C=O) groups is 1. The molecule has 0 aromatic heterocycles. The van der Waals surface area contributed by atoms with Crippen molar-refractivity contribution in [3.63, 3.8) is 0 Å². The maximum Gasteiger partial charge on any atom is 0.387 e. The number of rotatable bonds is 6. The van der Waals surface area contributed by atoms with Gasteiger partial charge in [-0.05, 0) is 31.6 Å². The number of para-hydroxylation sites is 1. The van der Waals surface area contributed by atoms with E-state index in [1.807, 2.05) is 6.92 Å². The highest BCUT2D eigenvalue weighted by molar-refractivity contribution is 7.80. The zero-order valence-electron chi connectivity index (χ0n) is 14.2. The first kappa shape index (κ1) is 19.1. The van der Waals surface area contributed by atoms with E-state index in [1.54, 1.807) is 30.0 Å². The summed E-state index contributed by atoms with van der Waals surface area (Å²) in [6.07, 6.45) is 0.823. The lowest BCUT2D eigenvalue weighted by Gasteiger charge is -2.37. The number of halogens is 2. The van der Waals surface area contributed by atoms with Gasteiger partial charge in [-0.25, -0.2) is 4.79 Å². The molecule has 1 heterocycles. The fraction of sp³-hybridized carbons (Fsp3) is 0.412. The number of methoxy groups -OCH3 is 1. The van der Waals surface area contributed by atoms with E-state index in [-0.39, 0.29) is 5.75 Å². The van der Waals surface area contributed by atoms with E-state index < -0.39 is 18.6 Å². The summed E-state index contributed by atoms with van der Waals surface area (Å²) in [6.45, 7) is 1.41. The van der Waals surface area contributed by atoms with Gasteiger partial charge in [0.25, 0.3) is 0 Å². The Bertz CT molecular complexity index is 694. The lowest BCUT2D eigenvalue weighted by atomic mass is 9.94. The van der Waals surface area contributed by atoms with Crippen LogP contribution in [0.1, 0.15) is 31.9 Å². The van der Waals surface area contributed by atoms with Crippen LogP contribution < -0.4 is 10.1 Å². The molecule has 1 aliphatic heterocycles. The quantitative estimate of drug-likeness (QED) is 0.612. The molecule has 1 N–H and O–H groups in total. The van der Waals surface area contributed by atoms with Gasteiger partial charge in [0, 0.05) is 17.8 Å². The van der Waals surface area contributed by atoms with Crippen LogP contribution in [-0.2, 0) is 9.53 Å². The topological polar surface area (TPSA) is 50.8 Å². The smallest absolute Gasteiger partial charge is 0.387 e. The first-order valence-corrected chi connectivity index (χ1v) is 8.22. The van der Waals surface area contributed by atoms with E-state index >= 15 is 0 Å². The molecule has 0 saturated carbocycles. The molecule has 5 nitrogen and oxygen atoms in total. The Hall–Kier alpha value is -2.22. The molecule has 1 aromatic carbocycles. The lowest BCUT2D eigenvalue weighted by molar-refractivity contribution is -0.136. The number of benzene rings is 1. The summed E-state index contributed by atoms with van der Waals surface area (Å²) in [6, 6.07) is 5.57. The zero-order chi connectivity index (χ0) is 18.6. The number of hydrogen-bond donors (Lipinski definition) is 1. The van der Waals surface area contributed by atoms with Crippen LogP contribution in [0.4, 0.5) is 8.78 Å². The summed E-state index contributed by atoms with van der Waals surface area (Å²) in [5.74, 6) is -0.568. The molecule has 0 amide bonds. The molecule has 2 rings (SSSR count). The number of hydrogen-bond acceptors (Lipinski definition) is 4. The van der Waals surface area contributed by atoms with Gasteiger partial charge < -0.3 is 19.7 Å². The van der Waals surface area contributed by atoms with Crippen molar-refractivity contribution < 1.29 is 23.0 Å². The minimum Gasteiger partial charge on any atom is -0.466 e.